The first-order valence-electron chi connectivity index (χ1n) is 7.60. The molecule has 0 N–H and O–H groups in total. The van der Waals surface area contributed by atoms with Crippen LogP contribution >= 0.6 is 25.0 Å². The fraction of sp³-hybridized carbons (Fsp3) is 0.333. The van der Waals surface area contributed by atoms with E-state index in [2.05, 4.69) is 29.7 Å². The zero-order valence-corrected chi connectivity index (χ0v) is 14.5. The highest BCUT2D eigenvalue weighted by molar-refractivity contribution is 7.80. The van der Waals surface area contributed by atoms with Gasteiger partial charge in [0, 0.05) is 18.8 Å². The van der Waals surface area contributed by atoms with E-state index in [4.69, 9.17) is 4.74 Å². The summed E-state index contributed by atoms with van der Waals surface area (Å²) in [5, 5.41) is 0. The molecule has 2 aromatic carbocycles. The number of halogens is 2. The molecular formula is C18H21ClFNOS. The maximum Gasteiger partial charge on any atom is 0.131 e. The molecule has 124 valence electrons. The van der Waals surface area contributed by atoms with Crippen molar-refractivity contribution in [2.45, 2.75) is 18.8 Å². The van der Waals surface area contributed by atoms with Crippen LogP contribution in [0.2, 0.25) is 0 Å². The summed E-state index contributed by atoms with van der Waals surface area (Å²) in [6, 6.07) is 15.1. The lowest BCUT2D eigenvalue weighted by Crippen LogP contribution is -2.32. The molecule has 0 amide bonds. The molecule has 0 unspecified atom stereocenters. The number of thiol groups is 1. The Hall–Kier alpha value is -1.39. The molecule has 2 aromatic rings. The minimum absolute atomic E-state index is 0. The van der Waals surface area contributed by atoms with Gasteiger partial charge in [-0.2, -0.15) is 0 Å². The van der Waals surface area contributed by atoms with E-state index in [0.29, 0.717) is 11.9 Å². The van der Waals surface area contributed by atoms with Crippen LogP contribution in [0.15, 0.2) is 48.5 Å². The van der Waals surface area contributed by atoms with Crippen LogP contribution in [0.4, 0.5) is 10.1 Å². The van der Waals surface area contributed by atoms with Gasteiger partial charge in [0.05, 0.1) is 0 Å². The van der Waals surface area contributed by atoms with E-state index in [0.717, 1.165) is 37.4 Å². The molecule has 0 saturated carbocycles. The van der Waals surface area contributed by atoms with Gasteiger partial charge in [0.2, 0.25) is 0 Å². The fourth-order valence-electron chi connectivity index (χ4n) is 3.03. The Morgan fingerprint density at radius 3 is 2.17 bits per heavy atom. The molecule has 1 fully saturated rings. The third kappa shape index (κ3) is 4.55. The molecule has 3 rings (SSSR count). The quantitative estimate of drug-likeness (QED) is 0.620. The molecule has 0 atom stereocenters. The summed E-state index contributed by atoms with van der Waals surface area (Å²) in [6.07, 6.45) is 2.23. The first-order valence-corrected chi connectivity index (χ1v) is 8.23. The Bertz CT molecular complexity index is 597. The lowest BCUT2D eigenvalue weighted by atomic mass is 9.89. The molecule has 1 saturated heterocycles. The van der Waals surface area contributed by atoms with Gasteiger partial charge in [-0.05, 0) is 60.7 Å². The Labute approximate surface area is 148 Å². The number of benzene rings is 2. The summed E-state index contributed by atoms with van der Waals surface area (Å²) < 4.78 is 18.3. The van der Waals surface area contributed by atoms with Crippen molar-refractivity contribution in [1.29, 1.82) is 0 Å². The van der Waals surface area contributed by atoms with Crippen molar-refractivity contribution in [1.82, 2.24) is 0 Å². The van der Waals surface area contributed by atoms with Crippen LogP contribution in [0.5, 0.6) is 5.75 Å². The van der Waals surface area contributed by atoms with Crippen molar-refractivity contribution in [3.63, 3.8) is 0 Å². The largest absolute Gasteiger partial charge is 0.483 e. The second-order valence-corrected chi connectivity index (χ2v) is 5.84. The predicted octanol–water partition coefficient (Wildman–Crippen LogP) is 4.90. The van der Waals surface area contributed by atoms with Gasteiger partial charge < -0.3 is 9.64 Å². The van der Waals surface area contributed by atoms with Crippen LogP contribution < -0.4 is 9.64 Å². The molecule has 0 aliphatic carbocycles. The maximum absolute atomic E-state index is 13.0. The van der Waals surface area contributed by atoms with E-state index in [1.807, 2.05) is 24.3 Å². The number of piperidine rings is 1. The summed E-state index contributed by atoms with van der Waals surface area (Å²) in [5.41, 5.74) is 2.47. The fourth-order valence-corrected chi connectivity index (χ4v) is 3.18. The monoisotopic (exact) mass is 353 g/mol. The third-order valence-corrected chi connectivity index (χ3v) is 4.40. The summed E-state index contributed by atoms with van der Waals surface area (Å²) in [4.78, 5) is 2.33. The van der Waals surface area contributed by atoms with E-state index in [1.54, 1.807) is 0 Å². The highest BCUT2D eigenvalue weighted by Gasteiger charge is 2.20. The van der Waals surface area contributed by atoms with E-state index in [-0.39, 0.29) is 18.2 Å². The molecule has 5 heteroatoms. The average molecular weight is 354 g/mol. The molecular weight excluding hydrogens is 333 g/mol. The van der Waals surface area contributed by atoms with Gasteiger partial charge in [-0.1, -0.05) is 12.1 Å². The normalized spacial score (nSPS) is 15.1. The number of hydrogen-bond donors (Lipinski definition) is 1. The number of ether oxygens (including phenoxy) is 1. The van der Waals surface area contributed by atoms with E-state index in [9.17, 15) is 4.39 Å². The molecule has 0 bridgehead atoms. The van der Waals surface area contributed by atoms with Crippen LogP contribution in [0.25, 0.3) is 0 Å². The van der Waals surface area contributed by atoms with Gasteiger partial charge in [0.1, 0.15) is 17.5 Å². The van der Waals surface area contributed by atoms with Crippen LogP contribution in [0, 0.1) is 5.82 Å². The van der Waals surface area contributed by atoms with E-state index >= 15 is 0 Å². The molecule has 0 spiro atoms. The lowest BCUT2D eigenvalue weighted by Gasteiger charge is -2.34. The molecule has 0 radical (unpaired) electrons. The van der Waals surface area contributed by atoms with Crippen LogP contribution in [0.3, 0.4) is 0 Å². The zero-order valence-electron chi connectivity index (χ0n) is 12.8. The number of hydrogen-bond acceptors (Lipinski definition) is 3. The standard InChI is InChI=1S/C18H20FNOS.ClH/c19-16-3-5-17(6-4-16)20-11-9-15(10-12-20)14-1-7-18(8-2-14)21-13-22;/h1-8,15,22H,9-13H2;1H. The lowest BCUT2D eigenvalue weighted by molar-refractivity contribution is 0.394. The van der Waals surface area contributed by atoms with E-state index in [1.165, 1.54) is 17.7 Å². The van der Waals surface area contributed by atoms with Crippen molar-refractivity contribution in [2.75, 3.05) is 23.9 Å². The maximum atomic E-state index is 13.0. The van der Waals surface area contributed by atoms with Crippen molar-refractivity contribution < 1.29 is 9.13 Å². The smallest absolute Gasteiger partial charge is 0.131 e. The van der Waals surface area contributed by atoms with Gasteiger partial charge in [-0.15, -0.1) is 25.0 Å². The van der Waals surface area contributed by atoms with Crippen molar-refractivity contribution in [2.24, 2.45) is 0 Å². The second-order valence-electron chi connectivity index (χ2n) is 5.58. The minimum Gasteiger partial charge on any atom is -0.483 e. The number of rotatable bonds is 4. The summed E-state index contributed by atoms with van der Waals surface area (Å²) in [7, 11) is 0. The zero-order chi connectivity index (χ0) is 15.4. The predicted molar refractivity (Wildman–Crippen MR) is 98.8 cm³/mol. The molecule has 1 aliphatic rings. The summed E-state index contributed by atoms with van der Waals surface area (Å²) in [5.74, 6) is 1.67. The highest BCUT2D eigenvalue weighted by Crippen LogP contribution is 2.31. The SMILES string of the molecule is Cl.Fc1ccc(N2CCC(c3ccc(OCS)cc3)CC2)cc1. The first kappa shape index (κ1) is 18.0. The Morgan fingerprint density at radius 1 is 1.00 bits per heavy atom. The molecule has 2 nitrogen and oxygen atoms in total. The minimum atomic E-state index is -0.179. The van der Waals surface area contributed by atoms with Gasteiger partial charge in [0.15, 0.2) is 0 Å². The number of anilines is 1. The van der Waals surface area contributed by atoms with Crippen molar-refractivity contribution in [3.05, 3.63) is 59.9 Å². The van der Waals surface area contributed by atoms with Gasteiger partial charge in [0.25, 0.3) is 0 Å². The second kappa shape index (κ2) is 8.46. The average Bonchev–Trinajstić information content (AvgIpc) is 2.57. The van der Waals surface area contributed by atoms with E-state index < -0.39 is 0 Å². The molecule has 1 heterocycles. The summed E-state index contributed by atoms with van der Waals surface area (Å²) >= 11 is 4.06. The molecule has 0 aromatic heterocycles. The highest BCUT2D eigenvalue weighted by atomic mass is 35.5. The third-order valence-electron chi connectivity index (χ3n) is 4.27. The van der Waals surface area contributed by atoms with Gasteiger partial charge >= 0.3 is 0 Å². The molecule has 23 heavy (non-hydrogen) atoms. The number of nitrogens with zero attached hydrogens (tertiary/aromatic N) is 1. The Balaban J connectivity index is 0.00000192. The summed E-state index contributed by atoms with van der Waals surface area (Å²) in [6.45, 7) is 2.01. The van der Waals surface area contributed by atoms with Gasteiger partial charge in [-0.3, -0.25) is 0 Å². The first-order chi connectivity index (χ1) is 10.8. The van der Waals surface area contributed by atoms with Crippen LogP contribution in [-0.2, 0) is 0 Å². The topological polar surface area (TPSA) is 12.5 Å². The van der Waals surface area contributed by atoms with Gasteiger partial charge in [-0.25, -0.2) is 4.39 Å². The van der Waals surface area contributed by atoms with Crippen LogP contribution in [-0.4, -0.2) is 19.0 Å². The van der Waals surface area contributed by atoms with Crippen molar-refractivity contribution in [3.8, 4) is 5.75 Å². The van der Waals surface area contributed by atoms with Crippen molar-refractivity contribution >= 4 is 30.7 Å². The Morgan fingerprint density at radius 2 is 1.61 bits per heavy atom. The van der Waals surface area contributed by atoms with Crippen LogP contribution in [0.1, 0.15) is 24.3 Å². The Kier molecular flexibility index (Phi) is 6.60. The molecule has 1 aliphatic heterocycles.